The van der Waals surface area contributed by atoms with Crippen molar-refractivity contribution in [2.24, 2.45) is 0 Å². The number of aromatic hydroxyl groups is 1. The van der Waals surface area contributed by atoms with Crippen molar-refractivity contribution in [2.45, 2.75) is 45.4 Å². The second-order valence-electron chi connectivity index (χ2n) is 7.47. The van der Waals surface area contributed by atoms with Crippen LogP contribution in [0.1, 0.15) is 56.7 Å². The van der Waals surface area contributed by atoms with Crippen LogP contribution in [0.25, 0.3) is 23.3 Å². The Morgan fingerprint density at radius 3 is 2.43 bits per heavy atom. The van der Waals surface area contributed by atoms with Crippen molar-refractivity contribution in [1.82, 2.24) is 4.98 Å². The minimum Gasteiger partial charge on any atom is -0.507 e. The Morgan fingerprint density at radius 1 is 0.833 bits per heavy atom. The zero-order chi connectivity index (χ0) is 21.0. The third kappa shape index (κ3) is 6.48. The van der Waals surface area contributed by atoms with Crippen LogP contribution in [0.3, 0.4) is 0 Å². The lowest BCUT2D eigenvalue weighted by molar-refractivity contribution is 0.303. The Balaban J connectivity index is 1.65. The molecule has 0 radical (unpaired) electrons. The van der Waals surface area contributed by atoms with E-state index in [1.165, 1.54) is 32.1 Å². The van der Waals surface area contributed by atoms with E-state index in [4.69, 9.17) is 4.74 Å². The van der Waals surface area contributed by atoms with Crippen molar-refractivity contribution in [3.63, 3.8) is 0 Å². The van der Waals surface area contributed by atoms with Crippen LogP contribution >= 0.6 is 0 Å². The van der Waals surface area contributed by atoms with Gasteiger partial charge < -0.3 is 9.84 Å². The van der Waals surface area contributed by atoms with Gasteiger partial charge in [-0.05, 0) is 47.9 Å². The molecular weight excluding hydrogens is 370 g/mol. The molecule has 0 saturated carbocycles. The average Bonchev–Trinajstić information content (AvgIpc) is 2.78. The monoisotopic (exact) mass is 401 g/mol. The van der Waals surface area contributed by atoms with E-state index in [0.29, 0.717) is 12.4 Å². The van der Waals surface area contributed by atoms with Gasteiger partial charge in [-0.1, -0.05) is 75.4 Å². The first-order chi connectivity index (χ1) is 14.8. The predicted molar refractivity (Wildman–Crippen MR) is 126 cm³/mol. The number of hydrogen-bond donors (Lipinski definition) is 1. The molecule has 156 valence electrons. The van der Waals surface area contributed by atoms with Crippen LogP contribution in [0.4, 0.5) is 0 Å². The van der Waals surface area contributed by atoms with Gasteiger partial charge in [-0.3, -0.25) is 4.98 Å². The molecule has 2 aromatic carbocycles. The van der Waals surface area contributed by atoms with Gasteiger partial charge in [-0.25, -0.2) is 0 Å². The van der Waals surface area contributed by atoms with Crippen LogP contribution in [0.5, 0.6) is 11.5 Å². The molecule has 3 aromatic rings. The van der Waals surface area contributed by atoms with E-state index in [1.54, 1.807) is 12.3 Å². The Kier molecular flexibility index (Phi) is 8.52. The number of phenols is 1. The molecule has 3 rings (SSSR count). The highest BCUT2D eigenvalue weighted by atomic mass is 16.5. The Hall–Kier alpha value is -3.07. The molecule has 0 fully saturated rings. The summed E-state index contributed by atoms with van der Waals surface area (Å²) in [5, 5.41) is 10.6. The number of ether oxygens (including phenoxy) is 1. The molecule has 0 aliphatic carbocycles. The number of unbranched alkanes of at least 4 members (excludes halogenated alkanes) is 5. The molecule has 3 heteroatoms. The number of benzene rings is 2. The van der Waals surface area contributed by atoms with Gasteiger partial charge in [0.2, 0.25) is 0 Å². The lowest BCUT2D eigenvalue weighted by Crippen LogP contribution is -1.97. The van der Waals surface area contributed by atoms with E-state index in [9.17, 15) is 5.11 Å². The topological polar surface area (TPSA) is 42.4 Å². The van der Waals surface area contributed by atoms with Gasteiger partial charge in [0.25, 0.3) is 0 Å². The standard InChI is InChI=1S/C27H31NO2/c1-2-3-4-5-6-11-20-30-24-17-18-26(27(29)21-24)25-14-8-7-12-22(25)15-16-23-13-9-10-19-28-23/h7-10,12-19,21,29H,2-6,11,20H2,1H3. The first kappa shape index (κ1) is 21.6. The van der Waals surface area contributed by atoms with Crippen LogP contribution in [-0.2, 0) is 0 Å². The summed E-state index contributed by atoms with van der Waals surface area (Å²) in [4.78, 5) is 4.33. The van der Waals surface area contributed by atoms with E-state index in [-0.39, 0.29) is 5.75 Å². The van der Waals surface area contributed by atoms with Crippen LogP contribution in [-0.4, -0.2) is 16.7 Å². The van der Waals surface area contributed by atoms with Crippen LogP contribution in [0.2, 0.25) is 0 Å². The van der Waals surface area contributed by atoms with E-state index in [0.717, 1.165) is 28.8 Å². The number of pyridine rings is 1. The fourth-order valence-corrected chi connectivity index (χ4v) is 3.44. The molecule has 0 unspecified atom stereocenters. The number of nitrogens with zero attached hydrogens (tertiary/aromatic N) is 1. The summed E-state index contributed by atoms with van der Waals surface area (Å²) in [6.45, 7) is 2.92. The zero-order valence-corrected chi connectivity index (χ0v) is 17.8. The quantitative estimate of drug-likeness (QED) is 0.341. The molecule has 0 atom stereocenters. The van der Waals surface area contributed by atoms with Crippen molar-refractivity contribution in [1.29, 1.82) is 0 Å². The maximum atomic E-state index is 10.6. The van der Waals surface area contributed by atoms with Gasteiger partial charge >= 0.3 is 0 Å². The molecule has 0 bridgehead atoms. The van der Waals surface area contributed by atoms with Crippen LogP contribution < -0.4 is 4.74 Å². The fraction of sp³-hybridized carbons (Fsp3) is 0.296. The van der Waals surface area contributed by atoms with E-state index in [2.05, 4.69) is 11.9 Å². The molecule has 1 N–H and O–H groups in total. The highest BCUT2D eigenvalue weighted by Gasteiger charge is 2.09. The lowest BCUT2D eigenvalue weighted by Gasteiger charge is -2.11. The Bertz CT molecular complexity index is 935. The summed E-state index contributed by atoms with van der Waals surface area (Å²) in [6, 6.07) is 19.4. The predicted octanol–water partition coefficient (Wildman–Crippen LogP) is 7.36. The SMILES string of the molecule is CCCCCCCCOc1ccc(-c2ccccc2C=Cc2ccccn2)c(O)c1. The van der Waals surface area contributed by atoms with Gasteiger partial charge in [0.15, 0.2) is 0 Å². The molecule has 0 aliphatic rings. The average molecular weight is 402 g/mol. The summed E-state index contributed by atoms with van der Waals surface area (Å²) in [5.74, 6) is 0.945. The third-order valence-electron chi connectivity index (χ3n) is 5.11. The Labute approximate surface area is 180 Å². The van der Waals surface area contributed by atoms with Crippen molar-refractivity contribution >= 4 is 12.2 Å². The molecular formula is C27H31NO2. The first-order valence-electron chi connectivity index (χ1n) is 10.9. The summed E-state index contributed by atoms with van der Waals surface area (Å²) < 4.78 is 5.84. The van der Waals surface area contributed by atoms with Gasteiger partial charge in [-0.15, -0.1) is 0 Å². The van der Waals surface area contributed by atoms with Gasteiger partial charge in [-0.2, -0.15) is 0 Å². The smallest absolute Gasteiger partial charge is 0.127 e. The minimum atomic E-state index is 0.231. The molecule has 1 aromatic heterocycles. The molecule has 3 nitrogen and oxygen atoms in total. The summed E-state index contributed by atoms with van der Waals surface area (Å²) in [7, 11) is 0. The second-order valence-corrected chi connectivity index (χ2v) is 7.47. The highest BCUT2D eigenvalue weighted by Crippen LogP contribution is 2.35. The normalized spacial score (nSPS) is 11.1. The largest absolute Gasteiger partial charge is 0.507 e. The van der Waals surface area contributed by atoms with E-state index in [1.807, 2.05) is 66.7 Å². The molecule has 0 saturated heterocycles. The van der Waals surface area contributed by atoms with Crippen LogP contribution in [0, 0.1) is 0 Å². The second kappa shape index (κ2) is 11.8. The van der Waals surface area contributed by atoms with Gasteiger partial charge in [0, 0.05) is 17.8 Å². The molecule has 1 heterocycles. The third-order valence-corrected chi connectivity index (χ3v) is 5.11. The first-order valence-corrected chi connectivity index (χ1v) is 10.9. The van der Waals surface area contributed by atoms with Gasteiger partial charge in [0.05, 0.1) is 12.3 Å². The number of hydrogen-bond acceptors (Lipinski definition) is 3. The summed E-state index contributed by atoms with van der Waals surface area (Å²) >= 11 is 0. The summed E-state index contributed by atoms with van der Waals surface area (Å²) in [5.41, 5.74) is 3.70. The van der Waals surface area contributed by atoms with E-state index < -0.39 is 0 Å². The van der Waals surface area contributed by atoms with Crippen molar-refractivity contribution in [3.8, 4) is 22.6 Å². The van der Waals surface area contributed by atoms with Gasteiger partial charge in [0.1, 0.15) is 11.5 Å². The zero-order valence-electron chi connectivity index (χ0n) is 17.8. The summed E-state index contributed by atoms with van der Waals surface area (Å²) in [6.07, 6.45) is 13.2. The number of phenolic OH excluding ortho intramolecular Hbond substituents is 1. The molecule has 0 aliphatic heterocycles. The maximum Gasteiger partial charge on any atom is 0.127 e. The van der Waals surface area contributed by atoms with Crippen LogP contribution in [0.15, 0.2) is 66.9 Å². The van der Waals surface area contributed by atoms with Crippen molar-refractivity contribution in [2.75, 3.05) is 6.61 Å². The maximum absolute atomic E-state index is 10.6. The lowest BCUT2D eigenvalue weighted by atomic mass is 9.98. The Morgan fingerprint density at radius 2 is 1.63 bits per heavy atom. The fourth-order valence-electron chi connectivity index (χ4n) is 3.44. The molecule has 0 amide bonds. The van der Waals surface area contributed by atoms with Crippen molar-refractivity contribution < 1.29 is 9.84 Å². The highest BCUT2D eigenvalue weighted by molar-refractivity contribution is 5.83. The molecule has 30 heavy (non-hydrogen) atoms. The van der Waals surface area contributed by atoms with Crippen molar-refractivity contribution in [3.05, 3.63) is 78.1 Å². The number of aromatic nitrogens is 1. The minimum absolute atomic E-state index is 0.231. The number of rotatable bonds is 11. The van der Waals surface area contributed by atoms with E-state index >= 15 is 0 Å². The molecule has 0 spiro atoms.